The monoisotopic (exact) mass is 337 g/mol. The van der Waals surface area contributed by atoms with Gasteiger partial charge in [-0.2, -0.15) is 0 Å². The highest BCUT2D eigenvalue weighted by atomic mass is 16.2. The first-order chi connectivity index (χ1) is 12.2. The summed E-state index contributed by atoms with van der Waals surface area (Å²) in [6, 6.07) is 11.8. The van der Waals surface area contributed by atoms with E-state index in [-0.39, 0.29) is 5.91 Å². The third kappa shape index (κ3) is 3.79. The minimum Gasteiger partial charge on any atom is -0.368 e. The number of para-hydroxylation sites is 1. The summed E-state index contributed by atoms with van der Waals surface area (Å²) in [5, 5.41) is 12.7. The molecule has 0 radical (unpaired) electrons. The van der Waals surface area contributed by atoms with Crippen molar-refractivity contribution in [2.75, 3.05) is 25.0 Å². The molecule has 0 atom stereocenters. The van der Waals surface area contributed by atoms with Crippen molar-refractivity contribution in [3.8, 4) is 0 Å². The zero-order chi connectivity index (χ0) is 17.6. The van der Waals surface area contributed by atoms with Gasteiger partial charge in [-0.3, -0.25) is 4.79 Å². The molecule has 0 saturated heterocycles. The second-order valence-corrected chi connectivity index (χ2v) is 5.82. The molecule has 0 aliphatic carbocycles. The average Bonchev–Trinajstić information content (AvgIpc) is 3.06. The van der Waals surface area contributed by atoms with Crippen LogP contribution in [0.25, 0.3) is 10.9 Å². The zero-order valence-electron chi connectivity index (χ0n) is 14.6. The Morgan fingerprint density at radius 1 is 1.12 bits per heavy atom. The molecule has 3 aromatic rings. The SMILES string of the molecule is CCN(CC)C(=O)c1ccc(NCCc2c[nH]c3ccccc23)nn1. The van der Waals surface area contributed by atoms with Crippen LogP contribution in [0.2, 0.25) is 0 Å². The number of benzene rings is 1. The first-order valence-corrected chi connectivity index (χ1v) is 8.64. The molecule has 2 heterocycles. The largest absolute Gasteiger partial charge is 0.368 e. The van der Waals surface area contributed by atoms with Crippen LogP contribution in [0.5, 0.6) is 0 Å². The van der Waals surface area contributed by atoms with Gasteiger partial charge in [0, 0.05) is 36.7 Å². The van der Waals surface area contributed by atoms with Crippen LogP contribution >= 0.6 is 0 Å². The number of carbonyl (C=O) groups is 1. The van der Waals surface area contributed by atoms with E-state index in [1.807, 2.05) is 32.2 Å². The maximum absolute atomic E-state index is 12.2. The highest BCUT2D eigenvalue weighted by molar-refractivity contribution is 5.92. The third-order valence-electron chi connectivity index (χ3n) is 4.31. The summed E-state index contributed by atoms with van der Waals surface area (Å²) in [5.74, 6) is 0.596. The van der Waals surface area contributed by atoms with E-state index >= 15 is 0 Å². The minimum atomic E-state index is -0.0807. The number of nitrogens with zero attached hydrogens (tertiary/aromatic N) is 3. The summed E-state index contributed by atoms with van der Waals surface area (Å²) in [6.07, 6.45) is 2.93. The van der Waals surface area contributed by atoms with E-state index in [2.05, 4.69) is 32.6 Å². The molecule has 0 saturated carbocycles. The minimum absolute atomic E-state index is 0.0807. The quantitative estimate of drug-likeness (QED) is 0.695. The lowest BCUT2D eigenvalue weighted by Gasteiger charge is -2.17. The molecular formula is C19H23N5O. The normalized spacial score (nSPS) is 10.8. The Labute approximate surface area is 147 Å². The van der Waals surface area contributed by atoms with E-state index in [1.54, 1.807) is 17.0 Å². The summed E-state index contributed by atoms with van der Waals surface area (Å²) in [4.78, 5) is 17.2. The Bertz CT molecular complexity index is 836. The Kier molecular flexibility index (Phi) is 5.28. The predicted octanol–water partition coefficient (Wildman–Crippen LogP) is 3.09. The lowest BCUT2D eigenvalue weighted by Crippen LogP contribution is -2.31. The number of fused-ring (bicyclic) bond motifs is 1. The number of H-pyrrole nitrogens is 1. The van der Waals surface area contributed by atoms with Crippen molar-refractivity contribution < 1.29 is 4.79 Å². The van der Waals surface area contributed by atoms with Crippen LogP contribution in [-0.2, 0) is 6.42 Å². The van der Waals surface area contributed by atoms with Gasteiger partial charge in [-0.05, 0) is 44.0 Å². The molecule has 0 aliphatic heterocycles. The first-order valence-electron chi connectivity index (χ1n) is 8.64. The molecule has 1 aromatic carbocycles. The van der Waals surface area contributed by atoms with E-state index < -0.39 is 0 Å². The highest BCUT2D eigenvalue weighted by Crippen LogP contribution is 2.18. The number of rotatable bonds is 7. The summed E-state index contributed by atoms with van der Waals surface area (Å²) < 4.78 is 0. The fourth-order valence-corrected chi connectivity index (χ4v) is 2.88. The molecule has 6 heteroatoms. The van der Waals surface area contributed by atoms with Gasteiger partial charge in [-0.1, -0.05) is 18.2 Å². The molecule has 0 fully saturated rings. The number of hydrogen-bond donors (Lipinski definition) is 2. The smallest absolute Gasteiger partial charge is 0.274 e. The molecule has 3 rings (SSSR count). The Morgan fingerprint density at radius 3 is 2.64 bits per heavy atom. The molecule has 0 spiro atoms. The van der Waals surface area contributed by atoms with Crippen LogP contribution in [0.4, 0.5) is 5.82 Å². The lowest BCUT2D eigenvalue weighted by molar-refractivity contribution is 0.0766. The fraction of sp³-hybridized carbons (Fsp3) is 0.316. The molecule has 1 amide bonds. The Morgan fingerprint density at radius 2 is 1.92 bits per heavy atom. The molecule has 2 aromatic heterocycles. The Balaban J connectivity index is 1.58. The van der Waals surface area contributed by atoms with Crippen LogP contribution in [0.15, 0.2) is 42.6 Å². The third-order valence-corrected chi connectivity index (χ3v) is 4.31. The van der Waals surface area contributed by atoms with Crippen molar-refractivity contribution in [3.05, 3.63) is 53.9 Å². The van der Waals surface area contributed by atoms with Crippen molar-refractivity contribution in [2.24, 2.45) is 0 Å². The highest BCUT2D eigenvalue weighted by Gasteiger charge is 2.14. The van der Waals surface area contributed by atoms with Crippen molar-refractivity contribution in [1.29, 1.82) is 0 Å². The van der Waals surface area contributed by atoms with E-state index in [0.29, 0.717) is 24.6 Å². The van der Waals surface area contributed by atoms with Crippen LogP contribution in [0.3, 0.4) is 0 Å². The second-order valence-electron chi connectivity index (χ2n) is 5.82. The predicted molar refractivity (Wildman–Crippen MR) is 99.8 cm³/mol. The molecule has 0 bridgehead atoms. The molecule has 130 valence electrons. The standard InChI is InChI=1S/C19H23N5O/c1-3-24(4-2)19(25)17-9-10-18(23-22-17)20-12-11-14-13-21-16-8-6-5-7-15(14)16/h5-10,13,21H,3-4,11-12H2,1-2H3,(H,20,23). The van der Waals surface area contributed by atoms with Crippen molar-refractivity contribution in [3.63, 3.8) is 0 Å². The number of nitrogens with one attached hydrogen (secondary N) is 2. The molecule has 2 N–H and O–H groups in total. The summed E-state index contributed by atoms with van der Waals surface area (Å²) >= 11 is 0. The number of hydrogen-bond acceptors (Lipinski definition) is 4. The first kappa shape index (κ1) is 17.0. The van der Waals surface area contributed by atoms with Gasteiger partial charge >= 0.3 is 0 Å². The van der Waals surface area contributed by atoms with E-state index in [4.69, 9.17) is 0 Å². The zero-order valence-corrected chi connectivity index (χ0v) is 14.6. The molecular weight excluding hydrogens is 314 g/mol. The van der Waals surface area contributed by atoms with Crippen LogP contribution in [0.1, 0.15) is 29.9 Å². The van der Waals surface area contributed by atoms with Gasteiger partial charge in [-0.25, -0.2) is 0 Å². The van der Waals surface area contributed by atoms with Gasteiger partial charge in [0.1, 0.15) is 5.82 Å². The van der Waals surface area contributed by atoms with Gasteiger partial charge in [0.05, 0.1) is 0 Å². The topological polar surface area (TPSA) is 73.9 Å². The van der Waals surface area contributed by atoms with Gasteiger partial charge < -0.3 is 15.2 Å². The van der Waals surface area contributed by atoms with Gasteiger partial charge in [0.25, 0.3) is 5.91 Å². The van der Waals surface area contributed by atoms with Crippen LogP contribution in [0, 0.1) is 0 Å². The van der Waals surface area contributed by atoms with E-state index in [0.717, 1.165) is 18.5 Å². The lowest BCUT2D eigenvalue weighted by atomic mass is 10.1. The van der Waals surface area contributed by atoms with Crippen molar-refractivity contribution in [2.45, 2.75) is 20.3 Å². The maximum Gasteiger partial charge on any atom is 0.274 e. The number of aromatic nitrogens is 3. The Hall–Kier alpha value is -2.89. The molecule has 0 unspecified atom stereocenters. The van der Waals surface area contributed by atoms with E-state index in [1.165, 1.54) is 10.9 Å². The second kappa shape index (κ2) is 7.79. The summed E-state index contributed by atoms with van der Waals surface area (Å²) in [5.41, 5.74) is 2.80. The van der Waals surface area contributed by atoms with Crippen molar-refractivity contribution in [1.82, 2.24) is 20.1 Å². The van der Waals surface area contributed by atoms with Crippen molar-refractivity contribution >= 4 is 22.6 Å². The molecule has 6 nitrogen and oxygen atoms in total. The molecule has 0 aliphatic rings. The molecule has 25 heavy (non-hydrogen) atoms. The fourth-order valence-electron chi connectivity index (χ4n) is 2.88. The number of anilines is 1. The number of amides is 1. The van der Waals surface area contributed by atoms with Crippen LogP contribution < -0.4 is 5.32 Å². The van der Waals surface area contributed by atoms with E-state index in [9.17, 15) is 4.79 Å². The summed E-state index contributed by atoms with van der Waals surface area (Å²) in [6.45, 7) is 5.99. The van der Waals surface area contributed by atoms with Crippen LogP contribution in [-0.4, -0.2) is 45.6 Å². The summed E-state index contributed by atoms with van der Waals surface area (Å²) in [7, 11) is 0. The van der Waals surface area contributed by atoms with Gasteiger partial charge in [0.2, 0.25) is 0 Å². The van der Waals surface area contributed by atoms with Gasteiger partial charge in [0.15, 0.2) is 5.69 Å². The average molecular weight is 337 g/mol. The van der Waals surface area contributed by atoms with Gasteiger partial charge in [-0.15, -0.1) is 10.2 Å². The number of aromatic amines is 1. The maximum atomic E-state index is 12.2. The number of carbonyl (C=O) groups excluding carboxylic acids is 1.